The van der Waals surface area contributed by atoms with Gasteiger partial charge in [-0.2, -0.15) is 0 Å². The first-order valence-electron chi connectivity index (χ1n) is 6.48. The number of fused-ring (bicyclic) bond motifs is 1. The molecular weight excluding hydrogens is 287 g/mol. The molecular formula is C15H11FN4O2. The number of carboxylic acid groups (broad SMARTS) is 1. The van der Waals surface area contributed by atoms with Crippen LogP contribution in [0.1, 0.15) is 5.69 Å². The maximum Gasteiger partial charge on any atom is 0.309 e. The van der Waals surface area contributed by atoms with E-state index in [4.69, 9.17) is 5.11 Å². The predicted molar refractivity (Wildman–Crippen MR) is 77.1 cm³/mol. The minimum absolute atomic E-state index is 0.265. The van der Waals surface area contributed by atoms with E-state index in [1.165, 1.54) is 18.2 Å². The van der Waals surface area contributed by atoms with E-state index in [9.17, 15) is 9.18 Å². The van der Waals surface area contributed by atoms with Crippen LogP contribution in [-0.2, 0) is 11.2 Å². The van der Waals surface area contributed by atoms with Crippen molar-refractivity contribution in [3.8, 4) is 0 Å². The Labute approximate surface area is 124 Å². The summed E-state index contributed by atoms with van der Waals surface area (Å²) in [6.45, 7) is 0. The van der Waals surface area contributed by atoms with Crippen molar-refractivity contribution < 1.29 is 14.3 Å². The summed E-state index contributed by atoms with van der Waals surface area (Å²) >= 11 is 0. The van der Waals surface area contributed by atoms with Gasteiger partial charge in [0.05, 0.1) is 17.8 Å². The second kappa shape index (κ2) is 5.72. The van der Waals surface area contributed by atoms with Crippen LogP contribution in [0.4, 0.5) is 15.9 Å². The van der Waals surface area contributed by atoms with Crippen LogP contribution >= 0.6 is 0 Å². The average Bonchev–Trinajstić information content (AvgIpc) is 2.81. The molecule has 0 spiro atoms. The Morgan fingerprint density at radius 1 is 1.23 bits per heavy atom. The van der Waals surface area contributed by atoms with E-state index in [1.807, 2.05) is 0 Å². The number of pyridine rings is 1. The van der Waals surface area contributed by atoms with Crippen LogP contribution in [0.5, 0.6) is 0 Å². The molecule has 0 fully saturated rings. The van der Waals surface area contributed by atoms with Crippen LogP contribution in [0.2, 0.25) is 0 Å². The van der Waals surface area contributed by atoms with Crippen molar-refractivity contribution in [2.45, 2.75) is 6.42 Å². The number of halogens is 1. The topological polar surface area (TPSA) is 79.3 Å². The summed E-state index contributed by atoms with van der Waals surface area (Å²) in [7, 11) is 0. The van der Waals surface area contributed by atoms with Crippen molar-refractivity contribution in [3.05, 3.63) is 60.2 Å². The zero-order chi connectivity index (χ0) is 15.5. The van der Waals surface area contributed by atoms with Gasteiger partial charge in [0.1, 0.15) is 11.5 Å². The fourth-order valence-electron chi connectivity index (χ4n) is 2.04. The lowest BCUT2D eigenvalue weighted by Gasteiger charge is -1.97. The first-order valence-corrected chi connectivity index (χ1v) is 6.48. The van der Waals surface area contributed by atoms with Crippen molar-refractivity contribution in [2.24, 2.45) is 10.2 Å². The summed E-state index contributed by atoms with van der Waals surface area (Å²) in [5.74, 6) is -1.10. The van der Waals surface area contributed by atoms with Gasteiger partial charge in [0.15, 0.2) is 5.82 Å². The lowest BCUT2D eigenvalue weighted by atomic mass is 10.3. The van der Waals surface area contributed by atoms with Crippen LogP contribution < -0.4 is 0 Å². The highest BCUT2D eigenvalue weighted by molar-refractivity contribution is 5.72. The third-order valence-corrected chi connectivity index (χ3v) is 2.96. The summed E-state index contributed by atoms with van der Waals surface area (Å²) in [4.78, 5) is 15.2. The molecule has 0 atom stereocenters. The average molecular weight is 298 g/mol. The predicted octanol–water partition coefficient (Wildman–Crippen LogP) is 3.52. The number of carbonyl (C=O) groups is 1. The molecule has 3 aromatic rings. The number of carboxylic acids is 1. The Balaban J connectivity index is 2.06. The highest BCUT2D eigenvalue weighted by Gasteiger charge is 2.14. The van der Waals surface area contributed by atoms with Gasteiger partial charge in [-0.05, 0) is 24.3 Å². The fraction of sp³-hybridized carbons (Fsp3) is 0.0667. The minimum Gasteiger partial charge on any atom is -0.481 e. The highest BCUT2D eigenvalue weighted by atomic mass is 19.1. The maximum absolute atomic E-state index is 13.1. The number of hydrogen-bond acceptors (Lipinski definition) is 4. The SMILES string of the molecule is O=C(O)Cc1nc2ccccn2c1N=Nc1cccc(F)c1. The Bertz CT molecular complexity index is 873. The Kier molecular flexibility index (Phi) is 3.61. The van der Waals surface area contributed by atoms with Crippen LogP contribution in [0.3, 0.4) is 0 Å². The summed E-state index contributed by atoms with van der Waals surface area (Å²) in [5.41, 5.74) is 1.22. The van der Waals surface area contributed by atoms with E-state index in [0.29, 0.717) is 22.8 Å². The number of azo groups is 1. The van der Waals surface area contributed by atoms with Crippen molar-refractivity contribution in [1.82, 2.24) is 9.38 Å². The van der Waals surface area contributed by atoms with Crippen LogP contribution in [0.25, 0.3) is 5.65 Å². The van der Waals surface area contributed by atoms with Crippen molar-refractivity contribution >= 4 is 23.1 Å². The van der Waals surface area contributed by atoms with Crippen molar-refractivity contribution in [2.75, 3.05) is 0 Å². The molecule has 1 aromatic carbocycles. The van der Waals surface area contributed by atoms with Crippen LogP contribution in [0, 0.1) is 5.82 Å². The van der Waals surface area contributed by atoms with E-state index in [-0.39, 0.29) is 6.42 Å². The first-order chi connectivity index (χ1) is 10.6. The molecule has 0 amide bonds. The largest absolute Gasteiger partial charge is 0.481 e. The van der Waals surface area contributed by atoms with Gasteiger partial charge in [-0.1, -0.05) is 12.1 Å². The number of imidazole rings is 1. The monoisotopic (exact) mass is 298 g/mol. The molecule has 7 heteroatoms. The van der Waals surface area contributed by atoms with Gasteiger partial charge < -0.3 is 5.11 Å². The van der Waals surface area contributed by atoms with E-state index >= 15 is 0 Å². The van der Waals surface area contributed by atoms with Gasteiger partial charge in [0.25, 0.3) is 0 Å². The van der Waals surface area contributed by atoms with Gasteiger partial charge in [0, 0.05) is 12.3 Å². The lowest BCUT2D eigenvalue weighted by Crippen LogP contribution is -2.00. The minimum atomic E-state index is -1.01. The summed E-state index contributed by atoms with van der Waals surface area (Å²) in [5, 5.41) is 17.0. The molecule has 3 rings (SSSR count). The van der Waals surface area contributed by atoms with E-state index in [0.717, 1.165) is 0 Å². The summed E-state index contributed by atoms with van der Waals surface area (Å²) < 4.78 is 14.8. The molecule has 0 unspecified atom stereocenters. The molecule has 0 saturated carbocycles. The molecule has 2 aromatic heterocycles. The molecule has 0 aliphatic heterocycles. The summed E-state index contributed by atoms with van der Waals surface area (Å²) in [6.07, 6.45) is 1.45. The Hall–Kier alpha value is -3.09. The van der Waals surface area contributed by atoms with Crippen LogP contribution in [-0.4, -0.2) is 20.5 Å². The van der Waals surface area contributed by atoms with Gasteiger partial charge in [-0.15, -0.1) is 10.2 Å². The highest BCUT2D eigenvalue weighted by Crippen LogP contribution is 2.24. The molecule has 0 saturated heterocycles. The standard InChI is InChI=1S/C15H11FN4O2/c16-10-4-3-5-11(8-10)18-19-15-12(9-14(21)22)17-13-6-1-2-7-20(13)15/h1-8H,9H2,(H,21,22). The zero-order valence-electron chi connectivity index (χ0n) is 11.3. The van der Waals surface area contributed by atoms with Crippen LogP contribution in [0.15, 0.2) is 58.9 Å². The lowest BCUT2D eigenvalue weighted by molar-refractivity contribution is -0.136. The van der Waals surface area contributed by atoms with Crippen molar-refractivity contribution in [1.29, 1.82) is 0 Å². The van der Waals surface area contributed by atoms with E-state index < -0.39 is 11.8 Å². The smallest absolute Gasteiger partial charge is 0.309 e. The number of benzene rings is 1. The number of aliphatic carboxylic acids is 1. The molecule has 0 bridgehead atoms. The summed E-state index contributed by atoms with van der Waals surface area (Å²) in [6, 6.07) is 11.0. The Morgan fingerprint density at radius 2 is 2.09 bits per heavy atom. The molecule has 0 aliphatic rings. The normalized spacial score (nSPS) is 11.3. The molecule has 22 heavy (non-hydrogen) atoms. The molecule has 0 radical (unpaired) electrons. The molecule has 6 nitrogen and oxygen atoms in total. The van der Waals surface area contributed by atoms with E-state index in [2.05, 4.69) is 15.2 Å². The number of nitrogens with zero attached hydrogens (tertiary/aromatic N) is 4. The molecule has 2 heterocycles. The Morgan fingerprint density at radius 3 is 2.86 bits per heavy atom. The number of rotatable bonds is 4. The number of hydrogen-bond donors (Lipinski definition) is 1. The molecule has 110 valence electrons. The second-order valence-corrected chi connectivity index (χ2v) is 4.56. The van der Waals surface area contributed by atoms with Gasteiger partial charge in [0.2, 0.25) is 0 Å². The third kappa shape index (κ3) is 2.83. The second-order valence-electron chi connectivity index (χ2n) is 4.56. The van der Waals surface area contributed by atoms with Gasteiger partial charge in [-0.25, -0.2) is 9.37 Å². The van der Waals surface area contributed by atoms with Crippen molar-refractivity contribution in [3.63, 3.8) is 0 Å². The maximum atomic E-state index is 13.1. The third-order valence-electron chi connectivity index (χ3n) is 2.96. The molecule has 0 aliphatic carbocycles. The molecule has 1 N–H and O–H groups in total. The first kappa shape index (κ1) is 13.9. The van der Waals surface area contributed by atoms with Gasteiger partial charge >= 0.3 is 5.97 Å². The van der Waals surface area contributed by atoms with Gasteiger partial charge in [-0.3, -0.25) is 9.20 Å². The quantitative estimate of drug-likeness (QED) is 0.748. The number of aromatic nitrogens is 2. The zero-order valence-corrected chi connectivity index (χ0v) is 11.3. The fourth-order valence-corrected chi connectivity index (χ4v) is 2.04. The van der Waals surface area contributed by atoms with E-state index in [1.54, 1.807) is 34.9 Å².